The number of aromatic nitrogens is 1. The highest BCUT2D eigenvalue weighted by Gasteiger charge is 2.08. The van der Waals surface area contributed by atoms with Gasteiger partial charge >= 0.3 is 0 Å². The van der Waals surface area contributed by atoms with Crippen LogP contribution in [0.5, 0.6) is 0 Å². The molecule has 0 aliphatic carbocycles. The molecule has 1 nitrogen and oxygen atoms in total. The second kappa shape index (κ2) is 4.48. The third-order valence-electron chi connectivity index (χ3n) is 2.75. The molecule has 0 aliphatic rings. The van der Waals surface area contributed by atoms with E-state index in [2.05, 4.69) is 56.1 Å². The van der Waals surface area contributed by atoms with Crippen LogP contribution >= 0.6 is 0 Å². The van der Waals surface area contributed by atoms with Crippen LogP contribution in [0, 0.1) is 6.92 Å². The van der Waals surface area contributed by atoms with E-state index >= 15 is 0 Å². The van der Waals surface area contributed by atoms with Gasteiger partial charge in [0, 0.05) is 11.8 Å². The summed E-state index contributed by atoms with van der Waals surface area (Å²) < 4.78 is 0. The van der Waals surface area contributed by atoms with Crippen LogP contribution in [0.15, 0.2) is 42.6 Å². The van der Waals surface area contributed by atoms with Crippen molar-refractivity contribution in [3.8, 4) is 11.1 Å². The highest BCUT2D eigenvalue weighted by molar-refractivity contribution is 5.66. The van der Waals surface area contributed by atoms with Crippen molar-refractivity contribution in [1.82, 2.24) is 4.98 Å². The Morgan fingerprint density at radius 2 is 1.69 bits per heavy atom. The van der Waals surface area contributed by atoms with Gasteiger partial charge < -0.3 is 0 Å². The molecule has 0 atom stereocenters. The zero-order valence-electron chi connectivity index (χ0n) is 10.1. The fourth-order valence-electron chi connectivity index (χ4n) is 1.85. The van der Waals surface area contributed by atoms with E-state index in [1.165, 1.54) is 22.4 Å². The Balaban J connectivity index is 2.51. The standard InChI is InChI=1S/C15H17N/c1-11(2)15-14(5-4-10-16-15)13-8-6-12(3)7-9-13/h4-11H,1-3H3. The number of nitrogens with zero attached hydrogens (tertiary/aromatic N) is 1. The average Bonchev–Trinajstić information content (AvgIpc) is 2.30. The van der Waals surface area contributed by atoms with Crippen molar-refractivity contribution in [2.45, 2.75) is 26.7 Å². The first-order valence-electron chi connectivity index (χ1n) is 5.70. The summed E-state index contributed by atoms with van der Waals surface area (Å²) in [5.41, 5.74) is 4.96. The summed E-state index contributed by atoms with van der Waals surface area (Å²) >= 11 is 0. The minimum Gasteiger partial charge on any atom is -0.260 e. The van der Waals surface area contributed by atoms with Gasteiger partial charge in [-0.1, -0.05) is 49.7 Å². The Morgan fingerprint density at radius 3 is 2.31 bits per heavy atom. The van der Waals surface area contributed by atoms with Crippen LogP contribution in [0.2, 0.25) is 0 Å². The molecule has 1 heterocycles. The van der Waals surface area contributed by atoms with Crippen molar-refractivity contribution >= 4 is 0 Å². The van der Waals surface area contributed by atoms with Crippen LogP contribution in [0.4, 0.5) is 0 Å². The Morgan fingerprint density at radius 1 is 1.00 bits per heavy atom. The maximum Gasteiger partial charge on any atom is 0.0507 e. The predicted molar refractivity (Wildman–Crippen MR) is 68.5 cm³/mol. The Kier molecular flexibility index (Phi) is 3.04. The van der Waals surface area contributed by atoms with Gasteiger partial charge in [0.1, 0.15) is 0 Å². The molecule has 1 aromatic heterocycles. The molecule has 0 N–H and O–H groups in total. The molecule has 0 aliphatic heterocycles. The number of aryl methyl sites for hydroxylation is 1. The molecule has 2 rings (SSSR count). The third kappa shape index (κ3) is 2.13. The summed E-state index contributed by atoms with van der Waals surface area (Å²) in [6.45, 7) is 6.47. The van der Waals surface area contributed by atoms with Gasteiger partial charge in [-0.15, -0.1) is 0 Å². The molecule has 16 heavy (non-hydrogen) atoms. The van der Waals surface area contributed by atoms with Gasteiger partial charge in [-0.05, 0) is 24.5 Å². The van der Waals surface area contributed by atoms with Crippen LogP contribution in [-0.4, -0.2) is 4.98 Å². The summed E-state index contributed by atoms with van der Waals surface area (Å²) in [5, 5.41) is 0. The van der Waals surface area contributed by atoms with E-state index in [0.717, 1.165) is 0 Å². The monoisotopic (exact) mass is 211 g/mol. The first-order valence-corrected chi connectivity index (χ1v) is 5.70. The molecular weight excluding hydrogens is 194 g/mol. The second-order valence-electron chi connectivity index (χ2n) is 4.46. The molecule has 0 fully saturated rings. The molecule has 0 amide bonds. The maximum absolute atomic E-state index is 4.48. The van der Waals surface area contributed by atoms with Crippen molar-refractivity contribution in [3.63, 3.8) is 0 Å². The van der Waals surface area contributed by atoms with Crippen molar-refractivity contribution in [3.05, 3.63) is 53.9 Å². The van der Waals surface area contributed by atoms with Crippen LogP contribution < -0.4 is 0 Å². The van der Waals surface area contributed by atoms with Crippen LogP contribution in [-0.2, 0) is 0 Å². The van der Waals surface area contributed by atoms with Gasteiger partial charge in [-0.25, -0.2) is 0 Å². The smallest absolute Gasteiger partial charge is 0.0507 e. The minimum atomic E-state index is 0.456. The maximum atomic E-state index is 4.48. The normalized spacial score (nSPS) is 10.8. The lowest BCUT2D eigenvalue weighted by Gasteiger charge is -2.11. The number of hydrogen-bond donors (Lipinski definition) is 0. The first-order chi connectivity index (χ1) is 7.68. The SMILES string of the molecule is Cc1ccc(-c2cccnc2C(C)C)cc1. The van der Waals surface area contributed by atoms with Crippen molar-refractivity contribution in [2.75, 3.05) is 0 Å². The Hall–Kier alpha value is -1.63. The van der Waals surface area contributed by atoms with E-state index in [1.54, 1.807) is 0 Å². The van der Waals surface area contributed by atoms with Gasteiger partial charge in [-0.2, -0.15) is 0 Å². The highest BCUT2D eigenvalue weighted by atomic mass is 14.7. The number of rotatable bonds is 2. The lowest BCUT2D eigenvalue weighted by Crippen LogP contribution is -1.95. The predicted octanol–water partition coefficient (Wildman–Crippen LogP) is 4.18. The van der Waals surface area contributed by atoms with E-state index in [-0.39, 0.29) is 0 Å². The van der Waals surface area contributed by atoms with Crippen molar-refractivity contribution in [2.24, 2.45) is 0 Å². The molecule has 0 saturated carbocycles. The summed E-state index contributed by atoms with van der Waals surface area (Å²) in [6, 6.07) is 12.8. The minimum absolute atomic E-state index is 0.456. The van der Waals surface area contributed by atoms with Crippen LogP contribution in [0.3, 0.4) is 0 Å². The Bertz CT molecular complexity index is 469. The van der Waals surface area contributed by atoms with Gasteiger partial charge in [0.25, 0.3) is 0 Å². The van der Waals surface area contributed by atoms with Crippen molar-refractivity contribution in [1.29, 1.82) is 0 Å². The van der Waals surface area contributed by atoms with Gasteiger partial charge in [0.15, 0.2) is 0 Å². The highest BCUT2D eigenvalue weighted by Crippen LogP contribution is 2.27. The van der Waals surface area contributed by atoms with Gasteiger partial charge in [0.05, 0.1) is 5.69 Å². The van der Waals surface area contributed by atoms with E-state index in [4.69, 9.17) is 0 Å². The molecule has 1 aromatic carbocycles. The summed E-state index contributed by atoms with van der Waals surface area (Å²) in [5.74, 6) is 0.456. The molecular formula is C15H17N. The third-order valence-corrected chi connectivity index (χ3v) is 2.75. The van der Waals surface area contributed by atoms with Gasteiger partial charge in [0.2, 0.25) is 0 Å². The van der Waals surface area contributed by atoms with Crippen molar-refractivity contribution < 1.29 is 0 Å². The molecule has 0 radical (unpaired) electrons. The fourth-order valence-corrected chi connectivity index (χ4v) is 1.85. The molecule has 0 saturated heterocycles. The largest absolute Gasteiger partial charge is 0.260 e. The molecule has 0 spiro atoms. The lowest BCUT2D eigenvalue weighted by atomic mass is 9.97. The zero-order valence-corrected chi connectivity index (χ0v) is 10.1. The summed E-state index contributed by atoms with van der Waals surface area (Å²) in [7, 11) is 0. The molecule has 2 aromatic rings. The van der Waals surface area contributed by atoms with E-state index in [1.807, 2.05) is 12.3 Å². The van der Waals surface area contributed by atoms with E-state index in [0.29, 0.717) is 5.92 Å². The van der Waals surface area contributed by atoms with Crippen LogP contribution in [0.1, 0.15) is 31.0 Å². The summed E-state index contributed by atoms with van der Waals surface area (Å²) in [4.78, 5) is 4.48. The number of pyridine rings is 1. The number of hydrogen-bond acceptors (Lipinski definition) is 1. The van der Waals surface area contributed by atoms with Crippen LogP contribution in [0.25, 0.3) is 11.1 Å². The quantitative estimate of drug-likeness (QED) is 0.726. The fraction of sp³-hybridized carbons (Fsp3) is 0.267. The van der Waals surface area contributed by atoms with Gasteiger partial charge in [-0.3, -0.25) is 4.98 Å². The van der Waals surface area contributed by atoms with E-state index < -0.39 is 0 Å². The lowest BCUT2D eigenvalue weighted by molar-refractivity contribution is 0.826. The first kappa shape index (κ1) is 10.9. The molecule has 0 unspecified atom stereocenters. The van der Waals surface area contributed by atoms with E-state index in [9.17, 15) is 0 Å². The average molecular weight is 211 g/mol. The number of benzene rings is 1. The zero-order chi connectivity index (χ0) is 11.5. The topological polar surface area (TPSA) is 12.9 Å². The molecule has 82 valence electrons. The Labute approximate surface area is 97.2 Å². The second-order valence-corrected chi connectivity index (χ2v) is 4.46. The summed E-state index contributed by atoms with van der Waals surface area (Å²) in [6.07, 6.45) is 1.87. The molecule has 1 heteroatoms. The molecule has 0 bridgehead atoms.